The highest BCUT2D eigenvalue weighted by Gasteiger charge is 2.22. The third-order valence-corrected chi connectivity index (χ3v) is 2.92. The summed E-state index contributed by atoms with van der Waals surface area (Å²) < 4.78 is 9.98. The lowest BCUT2D eigenvalue weighted by atomic mass is 9.98. The molecule has 2 aromatic carbocycles. The maximum atomic E-state index is 11.6. The van der Waals surface area contributed by atoms with Crippen molar-refractivity contribution in [1.29, 1.82) is 0 Å². The zero-order valence-corrected chi connectivity index (χ0v) is 11.6. The fraction of sp³-hybridized carbons (Fsp3) is 0.214. The van der Waals surface area contributed by atoms with Gasteiger partial charge in [0.2, 0.25) is 0 Å². The van der Waals surface area contributed by atoms with Gasteiger partial charge in [-0.3, -0.25) is 4.79 Å². The number of halogens is 1. The molecule has 0 aliphatic rings. The lowest BCUT2D eigenvalue weighted by molar-refractivity contribution is -0.142. The van der Waals surface area contributed by atoms with E-state index < -0.39 is 12.0 Å². The number of hydrogen-bond acceptors (Lipinski definition) is 4. The van der Waals surface area contributed by atoms with E-state index in [1.165, 1.54) is 7.11 Å². The van der Waals surface area contributed by atoms with Crippen LogP contribution in [0.5, 0.6) is 5.75 Å². The first-order valence-electron chi connectivity index (χ1n) is 5.58. The molecule has 0 aromatic heterocycles. The van der Waals surface area contributed by atoms with Crippen LogP contribution in [0, 0.1) is 0 Å². The zero-order valence-electron chi connectivity index (χ0n) is 10.8. The van der Waals surface area contributed by atoms with Crippen molar-refractivity contribution < 1.29 is 14.3 Å². The van der Waals surface area contributed by atoms with E-state index in [1.54, 1.807) is 13.2 Å². The molecule has 0 radical (unpaired) electrons. The number of fused-ring (bicyclic) bond motifs is 1. The zero-order chi connectivity index (χ0) is 13.1. The molecule has 0 fully saturated rings. The highest BCUT2D eigenvalue weighted by Crippen LogP contribution is 2.32. The molecule has 19 heavy (non-hydrogen) atoms. The Morgan fingerprint density at radius 1 is 1.16 bits per heavy atom. The predicted molar refractivity (Wildman–Crippen MR) is 76.7 cm³/mol. The summed E-state index contributed by atoms with van der Waals surface area (Å²) in [5.74, 6) is 0.108. The van der Waals surface area contributed by atoms with E-state index in [2.05, 4.69) is 0 Å². The molecule has 0 unspecified atom stereocenters. The SMILES string of the molecule is COC(=O)[C@@H](N)c1c(OC)ccc2ccccc12.Cl. The fourth-order valence-electron chi connectivity index (χ4n) is 2.02. The van der Waals surface area contributed by atoms with Crippen LogP contribution in [0.3, 0.4) is 0 Å². The van der Waals surface area contributed by atoms with Gasteiger partial charge < -0.3 is 15.2 Å². The van der Waals surface area contributed by atoms with E-state index >= 15 is 0 Å². The normalized spacial score (nSPS) is 11.5. The van der Waals surface area contributed by atoms with Gasteiger partial charge in [0.05, 0.1) is 14.2 Å². The van der Waals surface area contributed by atoms with Crippen molar-refractivity contribution in [3.05, 3.63) is 42.0 Å². The molecule has 0 heterocycles. The van der Waals surface area contributed by atoms with Gasteiger partial charge in [0, 0.05) is 5.56 Å². The van der Waals surface area contributed by atoms with Crippen molar-refractivity contribution >= 4 is 29.1 Å². The summed E-state index contributed by atoms with van der Waals surface area (Å²) in [6, 6.07) is 10.6. The lowest BCUT2D eigenvalue weighted by Crippen LogP contribution is -2.23. The van der Waals surface area contributed by atoms with E-state index in [9.17, 15) is 4.79 Å². The standard InChI is InChI=1S/C14H15NO3.ClH/c1-17-11-8-7-9-5-3-4-6-10(9)12(11)13(15)14(16)18-2;/h3-8,13H,15H2,1-2H3;1H/t13-;/m0./s1. The average Bonchev–Trinajstić information content (AvgIpc) is 2.44. The van der Waals surface area contributed by atoms with E-state index in [0.717, 1.165) is 10.8 Å². The Labute approximate surface area is 117 Å². The Kier molecular flexibility index (Phi) is 5.15. The molecule has 0 saturated heterocycles. The molecule has 1 atom stereocenters. The number of rotatable bonds is 3. The molecule has 0 aliphatic carbocycles. The second-order valence-electron chi connectivity index (χ2n) is 3.90. The Balaban J connectivity index is 0.00000180. The number of benzene rings is 2. The maximum absolute atomic E-state index is 11.6. The first-order chi connectivity index (χ1) is 8.69. The minimum absolute atomic E-state index is 0. The van der Waals surface area contributed by atoms with Gasteiger partial charge in [-0.2, -0.15) is 0 Å². The van der Waals surface area contributed by atoms with E-state index in [0.29, 0.717) is 11.3 Å². The van der Waals surface area contributed by atoms with Crippen molar-refractivity contribution in [3.8, 4) is 5.75 Å². The van der Waals surface area contributed by atoms with Crippen LogP contribution in [-0.2, 0) is 9.53 Å². The Bertz CT molecular complexity index is 586. The van der Waals surface area contributed by atoms with Crippen LogP contribution < -0.4 is 10.5 Å². The number of ether oxygens (including phenoxy) is 2. The smallest absolute Gasteiger partial charge is 0.327 e. The third kappa shape index (κ3) is 2.80. The van der Waals surface area contributed by atoms with Crippen LogP contribution in [0.15, 0.2) is 36.4 Å². The highest BCUT2D eigenvalue weighted by atomic mass is 35.5. The van der Waals surface area contributed by atoms with Crippen LogP contribution >= 0.6 is 12.4 Å². The maximum Gasteiger partial charge on any atom is 0.327 e. The highest BCUT2D eigenvalue weighted by molar-refractivity contribution is 5.93. The summed E-state index contributed by atoms with van der Waals surface area (Å²) in [5, 5.41) is 1.91. The largest absolute Gasteiger partial charge is 0.496 e. The molecule has 5 heteroatoms. The second kappa shape index (κ2) is 6.41. The van der Waals surface area contributed by atoms with Gasteiger partial charge in [-0.05, 0) is 16.8 Å². The van der Waals surface area contributed by atoms with E-state index in [-0.39, 0.29) is 12.4 Å². The molecule has 0 saturated carbocycles. The molecular formula is C14H16ClNO3. The van der Waals surface area contributed by atoms with Gasteiger partial charge in [-0.25, -0.2) is 0 Å². The number of nitrogens with two attached hydrogens (primary N) is 1. The summed E-state index contributed by atoms with van der Waals surface area (Å²) in [7, 11) is 2.87. The van der Waals surface area contributed by atoms with Crippen molar-refractivity contribution in [2.24, 2.45) is 5.73 Å². The Morgan fingerprint density at radius 3 is 2.47 bits per heavy atom. The van der Waals surface area contributed by atoms with Crippen LogP contribution in [0.4, 0.5) is 0 Å². The first kappa shape index (κ1) is 15.3. The number of methoxy groups -OCH3 is 2. The first-order valence-corrected chi connectivity index (χ1v) is 5.58. The number of esters is 1. The lowest BCUT2D eigenvalue weighted by Gasteiger charge is -2.16. The molecule has 0 spiro atoms. The van der Waals surface area contributed by atoms with Gasteiger partial charge in [0.15, 0.2) is 0 Å². The summed E-state index contributed by atoms with van der Waals surface area (Å²) in [4.78, 5) is 11.6. The predicted octanol–water partition coefficient (Wildman–Crippen LogP) is 2.44. The van der Waals surface area contributed by atoms with Crippen LogP contribution in [0.1, 0.15) is 11.6 Å². The molecule has 0 aliphatic heterocycles. The van der Waals surface area contributed by atoms with Crippen LogP contribution in [0.2, 0.25) is 0 Å². The van der Waals surface area contributed by atoms with Gasteiger partial charge in [-0.1, -0.05) is 30.3 Å². The molecule has 102 valence electrons. The number of carbonyl (C=O) groups excluding carboxylic acids is 1. The van der Waals surface area contributed by atoms with Crippen molar-refractivity contribution in [1.82, 2.24) is 0 Å². The van der Waals surface area contributed by atoms with Crippen LogP contribution in [0.25, 0.3) is 10.8 Å². The molecule has 2 rings (SSSR count). The number of carbonyl (C=O) groups is 1. The molecule has 2 N–H and O–H groups in total. The minimum atomic E-state index is -0.851. The summed E-state index contributed by atoms with van der Waals surface area (Å²) in [5.41, 5.74) is 6.59. The van der Waals surface area contributed by atoms with Gasteiger partial charge in [-0.15, -0.1) is 12.4 Å². The summed E-state index contributed by atoms with van der Waals surface area (Å²) in [6.45, 7) is 0. The van der Waals surface area contributed by atoms with E-state index in [1.807, 2.05) is 30.3 Å². The van der Waals surface area contributed by atoms with Crippen molar-refractivity contribution in [2.45, 2.75) is 6.04 Å². The van der Waals surface area contributed by atoms with Gasteiger partial charge >= 0.3 is 5.97 Å². The second-order valence-corrected chi connectivity index (χ2v) is 3.90. The minimum Gasteiger partial charge on any atom is -0.496 e. The fourth-order valence-corrected chi connectivity index (χ4v) is 2.02. The van der Waals surface area contributed by atoms with Gasteiger partial charge in [0.1, 0.15) is 11.8 Å². The molecular weight excluding hydrogens is 266 g/mol. The molecule has 2 aromatic rings. The molecule has 0 amide bonds. The van der Waals surface area contributed by atoms with Crippen molar-refractivity contribution in [2.75, 3.05) is 14.2 Å². The quantitative estimate of drug-likeness (QED) is 0.878. The van der Waals surface area contributed by atoms with E-state index in [4.69, 9.17) is 15.2 Å². The summed E-state index contributed by atoms with van der Waals surface area (Å²) >= 11 is 0. The Hall–Kier alpha value is -1.78. The molecule has 0 bridgehead atoms. The van der Waals surface area contributed by atoms with Gasteiger partial charge in [0.25, 0.3) is 0 Å². The number of hydrogen-bond donors (Lipinski definition) is 1. The van der Waals surface area contributed by atoms with Crippen LogP contribution in [-0.4, -0.2) is 20.2 Å². The average molecular weight is 282 g/mol. The molecule has 4 nitrogen and oxygen atoms in total. The monoisotopic (exact) mass is 281 g/mol. The Morgan fingerprint density at radius 2 is 1.84 bits per heavy atom. The topological polar surface area (TPSA) is 61.5 Å². The third-order valence-electron chi connectivity index (χ3n) is 2.92. The van der Waals surface area contributed by atoms with Crippen molar-refractivity contribution in [3.63, 3.8) is 0 Å². The summed E-state index contributed by atoms with van der Waals surface area (Å²) in [6.07, 6.45) is 0.